The van der Waals surface area contributed by atoms with Crippen LogP contribution in [0.25, 0.3) is 0 Å². The monoisotopic (exact) mass is 461 g/mol. The summed E-state index contributed by atoms with van der Waals surface area (Å²) in [5.74, 6) is 0. The molecular formula is H2CuO8PbSSi. The van der Waals surface area contributed by atoms with E-state index >= 15 is 0 Å². The number of hydrogen-bond acceptors (Lipinski definition) is 7. The molecule has 0 spiro atoms. The maximum Gasteiger partial charge on any atom is 2.00 e. The van der Waals surface area contributed by atoms with E-state index < -0.39 is 19.6 Å². The van der Waals surface area contributed by atoms with Crippen molar-refractivity contribution in [2.75, 3.05) is 0 Å². The molecule has 0 saturated heterocycles. The smallest absolute Gasteiger partial charge is 0.870 e. The van der Waals surface area contributed by atoms with Crippen LogP contribution in [0.2, 0.25) is 0 Å². The van der Waals surface area contributed by atoms with Crippen molar-refractivity contribution in [2.45, 2.75) is 0 Å². The summed E-state index contributed by atoms with van der Waals surface area (Å²) in [7, 11) is -8.55. The summed E-state index contributed by atoms with van der Waals surface area (Å²) in [4.78, 5) is 17.0. The zero-order valence-corrected chi connectivity index (χ0v) is 11.7. The molecule has 0 saturated carbocycles. The van der Waals surface area contributed by atoms with Gasteiger partial charge in [0.15, 0.2) is 0 Å². The third-order valence-electron chi connectivity index (χ3n) is 0. The van der Waals surface area contributed by atoms with E-state index in [-0.39, 0.29) is 49.8 Å². The minimum atomic E-state index is -4.92. The van der Waals surface area contributed by atoms with E-state index in [1.54, 1.807) is 0 Å². The van der Waals surface area contributed by atoms with Crippen molar-refractivity contribution in [3.05, 3.63) is 0 Å². The van der Waals surface area contributed by atoms with Gasteiger partial charge in [0.25, 0.3) is 0 Å². The van der Waals surface area contributed by atoms with E-state index in [1.807, 2.05) is 0 Å². The first-order chi connectivity index (χ1) is 3.73. The molecule has 75 valence electrons. The van der Waals surface area contributed by atoms with Crippen molar-refractivity contribution in [3.63, 3.8) is 0 Å². The first kappa shape index (κ1) is 29.3. The summed E-state index contributed by atoms with van der Waals surface area (Å²) in [6.45, 7) is 0. The van der Waals surface area contributed by atoms with Crippen molar-refractivity contribution in [1.82, 2.24) is 0 Å². The van der Waals surface area contributed by atoms with Crippen molar-refractivity contribution in [3.8, 4) is 0 Å². The molecule has 3 radical (unpaired) electrons. The van der Waals surface area contributed by atoms with Gasteiger partial charge in [-0.3, -0.25) is 4.55 Å². The first-order valence-corrected chi connectivity index (χ1v) is 3.88. The summed E-state index contributed by atoms with van der Waals surface area (Å²) in [6, 6.07) is 0. The molecule has 2 N–H and O–H groups in total. The van der Waals surface area contributed by atoms with Gasteiger partial charge in [0.1, 0.15) is 0 Å². The molecule has 0 fully saturated rings. The molecule has 0 bridgehead atoms. The van der Waals surface area contributed by atoms with E-state index in [0.717, 1.165) is 0 Å². The summed E-state index contributed by atoms with van der Waals surface area (Å²) in [6.07, 6.45) is 0. The summed E-state index contributed by atoms with van der Waals surface area (Å²) in [5.41, 5.74) is 0. The number of hydrogen-bond donors (Lipinski definition) is 1. The third kappa shape index (κ3) is 1350. The van der Waals surface area contributed by atoms with Crippen molar-refractivity contribution in [1.29, 1.82) is 0 Å². The van der Waals surface area contributed by atoms with Crippen LogP contribution in [0.15, 0.2) is 0 Å². The molecule has 0 aromatic carbocycles. The van der Waals surface area contributed by atoms with Crippen LogP contribution < -0.4 is 9.59 Å². The fourth-order valence-electron chi connectivity index (χ4n) is 0. The van der Waals surface area contributed by atoms with E-state index in [2.05, 4.69) is 0 Å². The van der Waals surface area contributed by atoms with Gasteiger partial charge in [0.05, 0.1) is 0 Å². The summed E-state index contributed by atoms with van der Waals surface area (Å²) in [5, 5.41) is 0. The Morgan fingerprint density at radius 2 is 1.25 bits per heavy atom. The molecule has 0 unspecified atom stereocenters. The molecule has 0 atom stereocenters. The average molecular weight is 461 g/mol. The Bertz CT molecular complexity index is 161. The van der Waals surface area contributed by atoms with E-state index in [0.29, 0.717) is 0 Å². The Kier molecular flexibility index (Phi) is 35.2. The van der Waals surface area contributed by atoms with E-state index in [9.17, 15) is 0 Å². The molecular weight excluding hydrogens is 459 g/mol. The fraction of sp³-hybridized carbons (Fsp3) is 0. The first-order valence-electron chi connectivity index (χ1n) is 1.29. The van der Waals surface area contributed by atoms with Crippen LogP contribution in [0.4, 0.5) is 0 Å². The van der Waals surface area contributed by atoms with E-state index in [1.165, 1.54) is 0 Å². The SMILES string of the molecule is O=S(=O)([O-])O.O=[Si]([O-])[O-].[Cu+2].[OH-].[Pb+2]. The molecule has 0 amide bonds. The topological polar surface area (TPSA) is 171 Å². The van der Waals surface area contributed by atoms with Gasteiger partial charge >= 0.3 is 44.4 Å². The zero-order chi connectivity index (χ0) is 8.08. The maximum atomic E-state index is 8.63. The fourth-order valence-corrected chi connectivity index (χ4v) is 0. The minimum absolute atomic E-state index is 0. The average Bonchev–Trinajstić information content (AvgIpc) is 1.19. The van der Waals surface area contributed by atoms with Gasteiger partial charge in [0.2, 0.25) is 10.4 Å². The van der Waals surface area contributed by atoms with Crippen molar-refractivity contribution in [2.24, 2.45) is 0 Å². The molecule has 0 aromatic heterocycles. The Balaban J connectivity index is -0.0000000221. The van der Waals surface area contributed by atoms with Gasteiger partial charge in [-0.15, -0.1) is 0 Å². The van der Waals surface area contributed by atoms with Gasteiger partial charge in [-0.2, -0.15) is 0 Å². The molecule has 0 aromatic rings. The van der Waals surface area contributed by atoms with Crippen LogP contribution in [0.1, 0.15) is 0 Å². The molecule has 0 aliphatic heterocycles. The largest absolute Gasteiger partial charge is 2.00 e. The second kappa shape index (κ2) is 14.4. The zero-order valence-electron chi connectivity index (χ0n) is 5.05. The molecule has 0 heterocycles. The van der Waals surface area contributed by atoms with Gasteiger partial charge in [-0.1, -0.05) is 0 Å². The Hall–Kier alpha value is 0.888. The van der Waals surface area contributed by atoms with Crippen LogP contribution >= 0.6 is 0 Å². The second-order valence-corrected chi connectivity index (χ2v) is 2.03. The standard InChI is InChI=1S/Cu.H2O4S.O3Si.H2O.Pb/c;1-5(2,3)4;1-4(2)3;;/h;(H2,1,2,3,4);;1H2;/q+2;;-2;;+2/p-2. The summed E-state index contributed by atoms with van der Waals surface area (Å²) >= 11 is 0. The van der Waals surface area contributed by atoms with Crippen LogP contribution in [0.5, 0.6) is 0 Å². The van der Waals surface area contributed by atoms with Crippen molar-refractivity contribution >= 4 is 46.9 Å². The normalized spacial score (nSPS) is 6.83. The maximum absolute atomic E-state index is 8.63. The van der Waals surface area contributed by atoms with Crippen LogP contribution in [0, 0.1) is 0 Å². The predicted octanol–water partition coefficient (Wildman–Crippen LogP) is -4.43. The van der Waals surface area contributed by atoms with Crippen LogP contribution in [0.3, 0.4) is 0 Å². The minimum Gasteiger partial charge on any atom is -0.870 e. The van der Waals surface area contributed by atoms with Crippen LogP contribution in [-0.2, 0) is 31.9 Å². The molecule has 8 nitrogen and oxygen atoms in total. The second-order valence-electron chi connectivity index (χ2n) is 0.678. The summed E-state index contributed by atoms with van der Waals surface area (Å²) < 4.78 is 41.4. The van der Waals surface area contributed by atoms with Crippen LogP contribution in [-0.4, -0.2) is 59.5 Å². The number of rotatable bonds is 0. The predicted molar refractivity (Wildman–Crippen MR) is 26.5 cm³/mol. The van der Waals surface area contributed by atoms with Crippen molar-refractivity contribution < 1.29 is 54.1 Å². The van der Waals surface area contributed by atoms with Gasteiger partial charge in [-0.05, 0) is 0 Å². The third-order valence-corrected chi connectivity index (χ3v) is 0. The Morgan fingerprint density at radius 1 is 1.25 bits per heavy atom. The van der Waals surface area contributed by atoms with Gasteiger partial charge < -0.3 is 24.1 Å². The molecule has 0 aliphatic carbocycles. The quantitative estimate of drug-likeness (QED) is 0.214. The Labute approximate surface area is 100 Å². The van der Waals surface area contributed by atoms with E-state index in [4.69, 9.17) is 31.6 Å². The molecule has 12 heteroatoms. The van der Waals surface area contributed by atoms with Gasteiger partial charge in [0, 0.05) is 9.17 Å². The Morgan fingerprint density at radius 3 is 1.25 bits per heavy atom. The molecule has 12 heavy (non-hydrogen) atoms. The van der Waals surface area contributed by atoms with Gasteiger partial charge in [-0.25, -0.2) is 8.42 Å². The molecule has 0 rings (SSSR count). The molecule has 0 aliphatic rings.